The van der Waals surface area contributed by atoms with E-state index in [1.165, 1.54) is 38.0 Å². The predicted molar refractivity (Wildman–Crippen MR) is 238 cm³/mol. The molecule has 266 valence electrons. The van der Waals surface area contributed by atoms with E-state index >= 15 is 0 Å². The molecule has 0 radical (unpaired) electrons. The summed E-state index contributed by atoms with van der Waals surface area (Å²) in [7, 11) is 0. The van der Waals surface area contributed by atoms with Crippen molar-refractivity contribution in [1.29, 1.82) is 0 Å². The molecule has 0 unspecified atom stereocenters. The summed E-state index contributed by atoms with van der Waals surface area (Å²) in [4.78, 5) is 16.2. The monoisotopic (exact) mass is 745 g/mol. The van der Waals surface area contributed by atoms with Crippen LogP contribution in [0.2, 0.25) is 0 Å². The summed E-state index contributed by atoms with van der Waals surface area (Å²) in [5, 5.41) is 7.25. The van der Waals surface area contributed by atoms with Gasteiger partial charge < -0.3 is 4.57 Å². The van der Waals surface area contributed by atoms with Gasteiger partial charge in [0.25, 0.3) is 0 Å². The lowest BCUT2D eigenvalue weighted by Gasteiger charge is -2.10. The number of fused-ring (bicyclic) bond motifs is 9. The maximum Gasteiger partial charge on any atom is 0.235 e. The maximum absolute atomic E-state index is 5.42. The van der Waals surface area contributed by atoms with E-state index in [1.54, 1.807) is 11.3 Å². The van der Waals surface area contributed by atoms with Crippen LogP contribution in [0.25, 0.3) is 109 Å². The number of rotatable bonds is 5. The Morgan fingerprint density at radius 1 is 0.421 bits per heavy atom. The van der Waals surface area contributed by atoms with Crippen LogP contribution in [0.15, 0.2) is 188 Å². The van der Waals surface area contributed by atoms with Gasteiger partial charge in [0, 0.05) is 50.1 Å². The third-order valence-corrected chi connectivity index (χ3v) is 12.4. The second-order valence-corrected chi connectivity index (χ2v) is 15.5. The molecule has 5 aromatic heterocycles. The highest BCUT2D eigenvalue weighted by molar-refractivity contribution is 7.22. The number of aromatic nitrogens is 5. The molecule has 0 aliphatic carbocycles. The van der Waals surface area contributed by atoms with Crippen molar-refractivity contribution in [2.75, 3.05) is 0 Å². The highest BCUT2D eigenvalue weighted by atomic mass is 32.1. The van der Waals surface area contributed by atoms with Gasteiger partial charge in [-0.25, -0.2) is 9.97 Å². The zero-order valence-electron chi connectivity index (χ0n) is 30.5. The van der Waals surface area contributed by atoms with Crippen molar-refractivity contribution in [3.63, 3.8) is 0 Å². The van der Waals surface area contributed by atoms with Gasteiger partial charge in [-0.05, 0) is 88.1 Å². The Kier molecular flexibility index (Phi) is 7.03. The van der Waals surface area contributed by atoms with Crippen LogP contribution in [-0.2, 0) is 0 Å². The Morgan fingerprint density at radius 2 is 1.11 bits per heavy atom. The van der Waals surface area contributed by atoms with Crippen molar-refractivity contribution in [1.82, 2.24) is 24.1 Å². The molecule has 5 heterocycles. The molecule has 0 bridgehead atoms. The highest BCUT2D eigenvalue weighted by Crippen LogP contribution is 2.42. The van der Waals surface area contributed by atoms with Crippen LogP contribution in [0.1, 0.15) is 0 Å². The Bertz CT molecular complexity index is 3510. The van der Waals surface area contributed by atoms with Gasteiger partial charge in [0.05, 0.1) is 38.0 Å². The maximum atomic E-state index is 5.42. The average molecular weight is 746 g/mol. The van der Waals surface area contributed by atoms with Crippen LogP contribution in [-0.4, -0.2) is 24.1 Å². The molecule has 12 rings (SSSR count). The first-order valence-electron chi connectivity index (χ1n) is 19.1. The van der Waals surface area contributed by atoms with E-state index in [0.717, 1.165) is 65.1 Å². The van der Waals surface area contributed by atoms with E-state index in [-0.39, 0.29) is 0 Å². The molecule has 0 amide bonds. The van der Waals surface area contributed by atoms with Crippen molar-refractivity contribution >= 4 is 75.9 Å². The molecule has 0 aliphatic rings. The Balaban J connectivity index is 1.12. The molecule has 0 fully saturated rings. The molecule has 0 saturated heterocycles. The van der Waals surface area contributed by atoms with Gasteiger partial charge in [-0.15, -0.1) is 11.3 Å². The van der Waals surface area contributed by atoms with Crippen LogP contribution >= 0.6 is 11.3 Å². The summed E-state index contributed by atoms with van der Waals surface area (Å²) in [6, 6.07) is 63.0. The van der Waals surface area contributed by atoms with E-state index in [0.29, 0.717) is 5.95 Å². The molecule has 12 aromatic rings. The zero-order valence-corrected chi connectivity index (χ0v) is 31.4. The first kappa shape index (κ1) is 31.9. The largest absolute Gasteiger partial charge is 0.309 e. The summed E-state index contributed by atoms with van der Waals surface area (Å²) < 4.78 is 5.70. The minimum atomic E-state index is 0.650. The van der Waals surface area contributed by atoms with Gasteiger partial charge in [0.1, 0.15) is 0 Å². The highest BCUT2D eigenvalue weighted by Gasteiger charge is 2.21. The lowest BCUT2D eigenvalue weighted by Crippen LogP contribution is -2.02. The number of benzene rings is 7. The minimum Gasteiger partial charge on any atom is -0.309 e. The Labute approximate surface area is 331 Å². The van der Waals surface area contributed by atoms with Crippen molar-refractivity contribution in [3.05, 3.63) is 188 Å². The molecule has 0 N–H and O–H groups in total. The van der Waals surface area contributed by atoms with Crippen LogP contribution in [0.5, 0.6) is 0 Å². The molecule has 57 heavy (non-hydrogen) atoms. The molecule has 0 spiro atoms. The average Bonchev–Trinajstić information content (AvgIpc) is 3.97. The molecule has 6 heteroatoms. The first-order chi connectivity index (χ1) is 28.3. The van der Waals surface area contributed by atoms with Gasteiger partial charge in [-0.3, -0.25) is 9.55 Å². The number of nitrogens with zero attached hydrogens (tertiary/aromatic N) is 5. The summed E-state index contributed by atoms with van der Waals surface area (Å²) >= 11 is 1.72. The van der Waals surface area contributed by atoms with E-state index in [9.17, 15) is 0 Å². The van der Waals surface area contributed by atoms with Crippen LogP contribution in [0, 0.1) is 0 Å². The summed E-state index contributed by atoms with van der Waals surface area (Å²) in [6.45, 7) is 0. The Morgan fingerprint density at radius 3 is 1.96 bits per heavy atom. The van der Waals surface area contributed by atoms with E-state index in [2.05, 4.69) is 184 Å². The molecule has 5 nitrogen and oxygen atoms in total. The zero-order chi connectivity index (χ0) is 37.5. The summed E-state index contributed by atoms with van der Waals surface area (Å²) in [5.41, 5.74) is 12.0. The summed E-state index contributed by atoms with van der Waals surface area (Å²) in [6.07, 6.45) is 3.68. The lowest BCUT2D eigenvalue weighted by atomic mass is 9.99. The molecular weight excluding hydrogens is 715 g/mol. The van der Waals surface area contributed by atoms with E-state index in [1.807, 2.05) is 18.5 Å². The lowest BCUT2D eigenvalue weighted by molar-refractivity contribution is 1.02. The SMILES string of the molecule is c1ccc(-c2nc(-n3c4ccc(-c5ccc6c7ccccc7n(-c7ccccc7)c6c5)cc4c4c5ccccc5ccc43)nc3cc(-c4ccncc4)sc23)cc1. The normalized spacial score (nSPS) is 11.9. The number of para-hydroxylation sites is 2. The second-order valence-electron chi connectivity index (χ2n) is 14.5. The topological polar surface area (TPSA) is 48.5 Å². The van der Waals surface area contributed by atoms with Gasteiger partial charge in [-0.1, -0.05) is 115 Å². The molecule has 7 aromatic carbocycles. The third kappa shape index (κ3) is 4.98. The Hall–Kier alpha value is -7.41. The van der Waals surface area contributed by atoms with E-state index in [4.69, 9.17) is 9.97 Å². The second kappa shape index (κ2) is 12.6. The molecule has 0 atom stereocenters. The fourth-order valence-corrected chi connectivity index (χ4v) is 9.77. The predicted octanol–water partition coefficient (Wildman–Crippen LogP) is 13.4. The minimum absolute atomic E-state index is 0.650. The number of thiophene rings is 1. The number of hydrogen-bond donors (Lipinski definition) is 0. The fraction of sp³-hybridized carbons (Fsp3) is 0. The third-order valence-electron chi connectivity index (χ3n) is 11.2. The van der Waals surface area contributed by atoms with Crippen LogP contribution < -0.4 is 0 Å². The van der Waals surface area contributed by atoms with Crippen LogP contribution in [0.3, 0.4) is 0 Å². The van der Waals surface area contributed by atoms with Gasteiger partial charge >= 0.3 is 0 Å². The number of hydrogen-bond acceptors (Lipinski definition) is 4. The van der Waals surface area contributed by atoms with Crippen molar-refractivity contribution in [2.24, 2.45) is 0 Å². The van der Waals surface area contributed by atoms with Gasteiger partial charge in [0.2, 0.25) is 5.95 Å². The molecule has 0 aliphatic heterocycles. The molecular formula is C51H31N5S. The van der Waals surface area contributed by atoms with Gasteiger partial charge in [0.15, 0.2) is 0 Å². The molecule has 0 saturated carbocycles. The standard InChI is InChI=1S/C51H31N5S/c1-3-12-34(13-4-1)49-50-42(31-47(57-50)33-25-27-52-28-26-33)53-51(54-49)56-44-23-21-35(29-41(44)48-38-16-8-7-11-32(38)20-24-45(48)56)36-19-22-40-39-17-9-10-18-43(39)55(46(40)30-36)37-14-5-2-6-15-37/h1-31H. The summed E-state index contributed by atoms with van der Waals surface area (Å²) in [5.74, 6) is 0.650. The van der Waals surface area contributed by atoms with Crippen LogP contribution in [0.4, 0.5) is 0 Å². The van der Waals surface area contributed by atoms with Gasteiger partial charge in [-0.2, -0.15) is 0 Å². The van der Waals surface area contributed by atoms with E-state index < -0.39 is 0 Å². The first-order valence-corrected chi connectivity index (χ1v) is 19.9. The van der Waals surface area contributed by atoms with Crippen molar-refractivity contribution in [2.45, 2.75) is 0 Å². The smallest absolute Gasteiger partial charge is 0.235 e. The fourth-order valence-electron chi connectivity index (χ4n) is 8.66. The quantitative estimate of drug-likeness (QED) is 0.176. The van der Waals surface area contributed by atoms with Crippen molar-refractivity contribution < 1.29 is 0 Å². The van der Waals surface area contributed by atoms with Crippen molar-refractivity contribution in [3.8, 4) is 44.5 Å². The number of pyridine rings is 1.